The number of hydrogen-bond donors (Lipinski definition) is 3. The maximum absolute atomic E-state index is 12.8. The molecule has 1 saturated heterocycles. The first-order chi connectivity index (χ1) is 21.0. The lowest BCUT2D eigenvalue weighted by molar-refractivity contribution is -0.137. The van der Waals surface area contributed by atoms with E-state index in [1.807, 2.05) is 33.9 Å². The molecule has 2 aliphatic rings. The number of nitrogens with zero attached hydrogens (tertiary/aromatic N) is 2. The lowest BCUT2D eigenvalue weighted by Crippen LogP contribution is -2.63. The van der Waals surface area contributed by atoms with E-state index in [1.54, 1.807) is 0 Å². The summed E-state index contributed by atoms with van der Waals surface area (Å²) in [6.45, 7) is 13.4. The molecule has 0 radical (unpaired) electrons. The van der Waals surface area contributed by atoms with Gasteiger partial charge < -0.3 is 15.4 Å². The third-order valence-corrected chi connectivity index (χ3v) is 7.75. The molecule has 2 fully saturated rings. The highest BCUT2D eigenvalue weighted by Crippen LogP contribution is 2.39. The zero-order chi connectivity index (χ0) is 33.3. The first-order valence-corrected chi connectivity index (χ1v) is 16.1. The lowest BCUT2D eigenvalue weighted by atomic mass is 9.83. The highest BCUT2D eigenvalue weighted by molar-refractivity contribution is 7.15. The molecule has 13 heteroatoms. The Hall–Kier alpha value is -3.19. The van der Waals surface area contributed by atoms with Crippen LogP contribution in [0.25, 0.3) is 0 Å². The molecule has 0 atom stereocenters. The number of amides is 3. The fraction of sp³-hybridized carbons (Fsp3) is 0.613. The number of benzene rings is 1. The van der Waals surface area contributed by atoms with Crippen molar-refractivity contribution in [3.8, 4) is 0 Å². The third kappa shape index (κ3) is 12.4. The Morgan fingerprint density at radius 3 is 2.23 bits per heavy atom. The van der Waals surface area contributed by atoms with Crippen molar-refractivity contribution in [2.75, 3.05) is 32.1 Å². The van der Waals surface area contributed by atoms with Gasteiger partial charge >= 0.3 is 12.3 Å². The zero-order valence-electron chi connectivity index (χ0n) is 26.8. The van der Waals surface area contributed by atoms with Crippen LogP contribution in [0.1, 0.15) is 100 Å². The number of rotatable bonds is 7. The standard InChI is InChI=1S/C24H28F3N5O4S.C3H8.2C2H6/c1-36-23(35)31-22-29-10-19(37-22)14-5-7-18(8-6-14)32-12-17(13-32)30-20(33)11-28-21(34)15-3-2-4-16(9-15)24(25,26)27;1-3-2;2*1-2/h2-4,9-10,14,17-18H,5-8,11-13H2,1H3,(H,28,34)(H,30,33)(H,29,31,35);3H2,1-2H3;2*1-2H3. The summed E-state index contributed by atoms with van der Waals surface area (Å²) in [7, 11) is 1.30. The normalized spacial score (nSPS) is 18.0. The first-order valence-electron chi connectivity index (χ1n) is 15.3. The topological polar surface area (TPSA) is 113 Å². The van der Waals surface area contributed by atoms with Crippen molar-refractivity contribution in [3.05, 3.63) is 46.5 Å². The van der Waals surface area contributed by atoms with Crippen molar-refractivity contribution >= 4 is 34.4 Å². The molecule has 44 heavy (non-hydrogen) atoms. The molecule has 2 heterocycles. The number of anilines is 1. The molecule has 3 amide bonds. The van der Waals surface area contributed by atoms with Crippen molar-refractivity contribution in [1.82, 2.24) is 20.5 Å². The van der Waals surface area contributed by atoms with Crippen molar-refractivity contribution in [3.63, 3.8) is 0 Å². The predicted molar refractivity (Wildman–Crippen MR) is 169 cm³/mol. The van der Waals surface area contributed by atoms with Gasteiger partial charge in [-0.1, -0.05) is 54.0 Å². The molecule has 9 nitrogen and oxygen atoms in total. The van der Waals surface area contributed by atoms with Gasteiger partial charge in [0.25, 0.3) is 5.91 Å². The van der Waals surface area contributed by atoms with Crippen LogP contribution in [0.2, 0.25) is 0 Å². The molecular formula is C31H48F3N5O4S. The van der Waals surface area contributed by atoms with Gasteiger partial charge in [-0.3, -0.25) is 19.8 Å². The summed E-state index contributed by atoms with van der Waals surface area (Å²) in [5, 5.41) is 8.35. The van der Waals surface area contributed by atoms with Crippen LogP contribution in [0, 0.1) is 0 Å². The molecule has 1 saturated carbocycles. The monoisotopic (exact) mass is 643 g/mol. The van der Waals surface area contributed by atoms with Gasteiger partial charge in [-0.25, -0.2) is 9.78 Å². The average molecular weight is 644 g/mol. The third-order valence-electron chi connectivity index (χ3n) is 6.67. The van der Waals surface area contributed by atoms with Crippen LogP contribution in [0.15, 0.2) is 30.5 Å². The predicted octanol–water partition coefficient (Wildman–Crippen LogP) is 7.07. The van der Waals surface area contributed by atoms with E-state index in [1.165, 1.54) is 30.9 Å². The van der Waals surface area contributed by atoms with E-state index >= 15 is 0 Å². The van der Waals surface area contributed by atoms with E-state index in [-0.39, 0.29) is 24.1 Å². The Morgan fingerprint density at radius 2 is 1.66 bits per heavy atom. The van der Waals surface area contributed by atoms with Crippen LogP contribution in [0.5, 0.6) is 0 Å². The highest BCUT2D eigenvalue weighted by atomic mass is 32.1. The summed E-state index contributed by atoms with van der Waals surface area (Å²) in [5.74, 6) is -0.711. The number of ether oxygens (including phenoxy) is 1. The maximum atomic E-state index is 12.8. The molecule has 3 N–H and O–H groups in total. The fourth-order valence-corrected chi connectivity index (χ4v) is 5.65. The van der Waals surface area contributed by atoms with Gasteiger partial charge in [0, 0.05) is 35.8 Å². The number of carbonyl (C=O) groups excluding carboxylic acids is 3. The van der Waals surface area contributed by atoms with Crippen LogP contribution in [0.3, 0.4) is 0 Å². The number of alkyl halides is 3. The number of nitrogens with one attached hydrogen (secondary N) is 3. The van der Waals surface area contributed by atoms with Gasteiger partial charge in [0.2, 0.25) is 5.91 Å². The van der Waals surface area contributed by atoms with Gasteiger partial charge in [0.15, 0.2) is 5.13 Å². The van der Waals surface area contributed by atoms with Gasteiger partial charge in [-0.2, -0.15) is 13.2 Å². The van der Waals surface area contributed by atoms with Crippen LogP contribution in [-0.4, -0.2) is 66.6 Å². The van der Waals surface area contributed by atoms with Gasteiger partial charge in [0.05, 0.1) is 25.3 Å². The fourth-order valence-electron chi connectivity index (χ4n) is 4.68. The minimum absolute atomic E-state index is 0.0240. The summed E-state index contributed by atoms with van der Waals surface area (Å²) in [5.41, 5.74) is -1.07. The maximum Gasteiger partial charge on any atom is 0.416 e. The molecule has 0 bridgehead atoms. The Morgan fingerprint density at radius 1 is 1.05 bits per heavy atom. The first kappa shape index (κ1) is 38.8. The molecule has 1 aromatic heterocycles. The van der Waals surface area contributed by atoms with Crippen LogP contribution in [0.4, 0.5) is 23.1 Å². The number of likely N-dealkylation sites (tertiary alicyclic amines) is 1. The number of methoxy groups -OCH3 is 1. The Kier molecular flexibility index (Phi) is 17.6. The van der Waals surface area contributed by atoms with E-state index < -0.39 is 23.7 Å². The number of carbonyl (C=O) groups is 3. The van der Waals surface area contributed by atoms with Gasteiger partial charge in [-0.15, -0.1) is 11.3 Å². The SMILES string of the molecule is CC.CC.CCC.COC(=O)Nc1ncc(C2CCC(N3CC(NC(=O)CNC(=O)c4cccc(C(F)(F)F)c4)C3)CC2)s1. The summed E-state index contributed by atoms with van der Waals surface area (Å²) < 4.78 is 43.1. The number of thiazole rings is 1. The second-order valence-electron chi connectivity index (χ2n) is 9.88. The van der Waals surface area contributed by atoms with E-state index in [0.29, 0.717) is 17.1 Å². The summed E-state index contributed by atoms with van der Waals surface area (Å²) in [4.78, 5) is 43.4. The van der Waals surface area contributed by atoms with Crippen LogP contribution in [-0.2, 0) is 15.7 Å². The molecule has 1 aromatic carbocycles. The van der Waals surface area contributed by atoms with E-state index in [0.717, 1.165) is 61.8 Å². The van der Waals surface area contributed by atoms with E-state index in [9.17, 15) is 27.6 Å². The van der Waals surface area contributed by atoms with Crippen molar-refractivity contribution in [2.24, 2.45) is 0 Å². The van der Waals surface area contributed by atoms with Crippen LogP contribution >= 0.6 is 11.3 Å². The van der Waals surface area contributed by atoms with Gasteiger partial charge in [0.1, 0.15) is 0 Å². The zero-order valence-corrected chi connectivity index (χ0v) is 27.7. The Bertz CT molecular complexity index is 1150. The van der Waals surface area contributed by atoms with Crippen molar-refractivity contribution in [2.45, 2.75) is 97.8 Å². The lowest BCUT2D eigenvalue weighted by Gasteiger charge is -2.46. The van der Waals surface area contributed by atoms with Crippen LogP contribution < -0.4 is 16.0 Å². The molecular weight excluding hydrogens is 595 g/mol. The molecule has 0 unspecified atom stereocenters. The smallest absolute Gasteiger partial charge is 0.416 e. The van der Waals surface area contributed by atoms with Crippen molar-refractivity contribution < 1.29 is 32.3 Å². The molecule has 2 aromatic rings. The molecule has 248 valence electrons. The summed E-state index contributed by atoms with van der Waals surface area (Å²) >= 11 is 1.46. The minimum Gasteiger partial charge on any atom is -0.453 e. The molecule has 1 aliphatic heterocycles. The second kappa shape index (κ2) is 20.0. The Balaban J connectivity index is 0.00000128. The second-order valence-corrected chi connectivity index (χ2v) is 10.9. The minimum atomic E-state index is -4.54. The van der Waals surface area contributed by atoms with Crippen molar-refractivity contribution in [1.29, 1.82) is 0 Å². The quantitative estimate of drug-likeness (QED) is 0.298. The number of halogens is 3. The number of aromatic nitrogens is 1. The molecule has 4 rings (SSSR count). The van der Waals surface area contributed by atoms with Gasteiger partial charge in [-0.05, 0) is 49.8 Å². The average Bonchev–Trinajstić information content (AvgIpc) is 3.48. The summed E-state index contributed by atoms with van der Waals surface area (Å²) in [6, 6.07) is 4.49. The highest BCUT2D eigenvalue weighted by Gasteiger charge is 2.36. The number of hydrogen-bond acceptors (Lipinski definition) is 7. The largest absolute Gasteiger partial charge is 0.453 e. The molecule has 1 aliphatic carbocycles. The van der Waals surface area contributed by atoms with E-state index in [4.69, 9.17) is 0 Å². The molecule has 0 spiro atoms. The summed E-state index contributed by atoms with van der Waals surface area (Å²) in [6.07, 6.45) is 2.05. The van der Waals surface area contributed by atoms with E-state index in [2.05, 4.69) is 44.4 Å². The Labute approximate surface area is 263 Å².